The molecule has 5 atom stereocenters. The Hall–Kier alpha value is -5.97. The molecule has 0 radical (unpaired) electrons. The first kappa shape index (κ1) is 46.6. The van der Waals surface area contributed by atoms with Gasteiger partial charge in [0.25, 0.3) is 5.91 Å². The summed E-state index contributed by atoms with van der Waals surface area (Å²) < 4.78 is 90.8. The summed E-state index contributed by atoms with van der Waals surface area (Å²) in [5, 5.41) is 15.0. The number of hydrogen-bond acceptors (Lipinski definition) is 12. The molecule has 8 rings (SSSR count). The maximum absolute atomic E-state index is 15.0. The van der Waals surface area contributed by atoms with E-state index in [0.29, 0.717) is 55.9 Å². The number of aryl methyl sites for hydroxylation is 1. The predicted octanol–water partition coefficient (Wildman–Crippen LogP) is 6.65. The van der Waals surface area contributed by atoms with Crippen molar-refractivity contribution in [1.82, 2.24) is 30.2 Å². The van der Waals surface area contributed by atoms with Crippen LogP contribution in [0.3, 0.4) is 0 Å². The molecule has 16 nitrogen and oxygen atoms in total. The SMILES string of the molecule is CC(C)(C)OC(=O)NC1CCCCCC=CC2CCC2(C(=O)NS(=O)(=O)C2(C)CC2)NC(=O)C2CC3(CCc4c(c(C(F)(F)F)nc5ccc(Oc6ccc(C#N)cn6)cc45)O3)CN2C1=O. The fourth-order valence-electron chi connectivity index (χ4n) is 9.21. The topological polar surface area (TPSA) is 219 Å². The van der Waals surface area contributed by atoms with E-state index in [1.165, 1.54) is 48.4 Å². The van der Waals surface area contributed by atoms with Crippen molar-refractivity contribution in [3.8, 4) is 23.4 Å². The molecule has 1 aromatic carbocycles. The number of alkyl halides is 3. The van der Waals surface area contributed by atoms with Crippen molar-refractivity contribution in [2.24, 2.45) is 5.92 Å². The van der Waals surface area contributed by atoms with Crippen LogP contribution in [0, 0.1) is 17.2 Å². The second-order valence-electron chi connectivity index (χ2n) is 19.3. The number of benzene rings is 1. The number of allylic oxidation sites excluding steroid dienone is 1. The number of ether oxygens (including phenoxy) is 3. The highest BCUT2D eigenvalue weighted by Gasteiger charge is 2.60. The molecule has 66 heavy (non-hydrogen) atoms. The van der Waals surface area contributed by atoms with Crippen LogP contribution < -0.4 is 24.8 Å². The summed E-state index contributed by atoms with van der Waals surface area (Å²) in [7, 11) is -4.14. The lowest BCUT2D eigenvalue weighted by atomic mass is 9.65. The number of nitrogens with one attached hydrogen (secondary N) is 3. The maximum atomic E-state index is 15.0. The number of pyridine rings is 2. The van der Waals surface area contributed by atoms with Crippen LogP contribution in [0.2, 0.25) is 0 Å². The van der Waals surface area contributed by atoms with Crippen molar-refractivity contribution in [1.29, 1.82) is 5.26 Å². The molecule has 2 aliphatic carbocycles. The molecule has 2 saturated carbocycles. The number of halogens is 3. The van der Waals surface area contributed by atoms with Crippen LogP contribution in [0.1, 0.15) is 115 Å². The minimum atomic E-state index is -5.00. The smallest absolute Gasteiger partial charge is 0.437 e. The third-order valence-electron chi connectivity index (χ3n) is 13.3. The highest BCUT2D eigenvalue weighted by atomic mass is 32.2. The van der Waals surface area contributed by atoms with Crippen LogP contribution >= 0.6 is 0 Å². The summed E-state index contributed by atoms with van der Waals surface area (Å²) in [5.41, 5.74) is -5.08. The van der Waals surface area contributed by atoms with E-state index in [2.05, 4.69) is 25.3 Å². The van der Waals surface area contributed by atoms with Gasteiger partial charge in [-0.05, 0) is 110 Å². The molecule has 3 aliphatic heterocycles. The molecule has 1 spiro atoms. The normalized spacial score (nSPS) is 26.5. The highest BCUT2D eigenvalue weighted by molar-refractivity contribution is 7.91. The van der Waals surface area contributed by atoms with Gasteiger partial charge in [-0.2, -0.15) is 18.4 Å². The van der Waals surface area contributed by atoms with E-state index < -0.39 is 90.9 Å². The number of carbonyl (C=O) groups is 4. The second-order valence-corrected chi connectivity index (χ2v) is 21.5. The number of fused-ring (bicyclic) bond motifs is 5. The van der Waals surface area contributed by atoms with Gasteiger partial charge >= 0.3 is 12.3 Å². The zero-order chi connectivity index (χ0) is 47.5. The van der Waals surface area contributed by atoms with Gasteiger partial charge in [-0.25, -0.2) is 23.2 Å². The largest absolute Gasteiger partial charge is 0.483 e. The van der Waals surface area contributed by atoms with E-state index in [1.807, 2.05) is 12.1 Å². The fourth-order valence-corrected chi connectivity index (χ4v) is 10.5. The summed E-state index contributed by atoms with van der Waals surface area (Å²) in [6.07, 6.45) is 2.58. The first-order chi connectivity index (χ1) is 31.0. The summed E-state index contributed by atoms with van der Waals surface area (Å²) in [4.78, 5) is 66.6. The van der Waals surface area contributed by atoms with Crippen molar-refractivity contribution in [2.45, 2.75) is 144 Å². The highest BCUT2D eigenvalue weighted by Crippen LogP contribution is 2.50. The van der Waals surface area contributed by atoms with Crippen LogP contribution in [0.25, 0.3) is 10.9 Å². The zero-order valence-electron chi connectivity index (χ0n) is 37.0. The molecule has 5 aliphatic rings. The maximum Gasteiger partial charge on any atom is 0.437 e. The predicted molar refractivity (Wildman–Crippen MR) is 231 cm³/mol. The standard InChI is InChI=1S/C46H52F3N7O9S/c1-42(2,3)65-41(60)53-33-11-9-7-5-6-8-10-28-16-19-45(28,40(59)55-66(61,62)43(4)20-21-43)54-38(57)34-23-44(26-56(34)39(33)58)18-17-30-31-22-29(63-35-15-12-27(24-50)25-51-35)13-14-32(31)52-37(36(30)64-44)46(47,48)49/h8,10,12-15,22,25,28,33-34H,5-7,9,11,16-21,23,26H2,1-4H3,(H,53,60)(H,54,57)(H,55,59). The number of amides is 4. The lowest BCUT2D eigenvalue weighted by molar-refractivity contribution is -0.145. The molecule has 5 unspecified atom stereocenters. The number of nitriles is 1. The van der Waals surface area contributed by atoms with E-state index in [0.717, 1.165) is 0 Å². The summed E-state index contributed by atoms with van der Waals surface area (Å²) in [6, 6.07) is 6.62. The van der Waals surface area contributed by atoms with Gasteiger partial charge < -0.3 is 29.7 Å². The number of sulfonamides is 1. The molecule has 20 heteroatoms. The van der Waals surface area contributed by atoms with Gasteiger partial charge in [-0.15, -0.1) is 0 Å². The molecule has 2 aromatic heterocycles. The third kappa shape index (κ3) is 9.23. The van der Waals surface area contributed by atoms with Crippen LogP contribution in [0.5, 0.6) is 17.4 Å². The van der Waals surface area contributed by atoms with Gasteiger partial charge in [0, 0.05) is 35.6 Å². The van der Waals surface area contributed by atoms with Gasteiger partial charge in [-0.3, -0.25) is 19.1 Å². The Morgan fingerprint density at radius 3 is 2.47 bits per heavy atom. The molecule has 352 valence electrons. The Labute approximate surface area is 380 Å². The third-order valence-corrected chi connectivity index (χ3v) is 15.5. The Kier molecular flexibility index (Phi) is 12.0. The second kappa shape index (κ2) is 17.0. The molecule has 4 amide bonds. The van der Waals surface area contributed by atoms with Crippen molar-refractivity contribution in [3.63, 3.8) is 0 Å². The van der Waals surface area contributed by atoms with Crippen LogP contribution in [-0.4, -0.2) is 87.2 Å². The van der Waals surface area contributed by atoms with Gasteiger partial charge in [0.05, 0.1) is 22.4 Å². The Morgan fingerprint density at radius 2 is 1.82 bits per heavy atom. The lowest BCUT2D eigenvalue weighted by Gasteiger charge is -2.48. The zero-order valence-corrected chi connectivity index (χ0v) is 37.9. The van der Waals surface area contributed by atoms with E-state index in [9.17, 15) is 27.6 Å². The minimum Gasteiger partial charge on any atom is -0.483 e. The van der Waals surface area contributed by atoms with E-state index in [-0.39, 0.29) is 61.4 Å². The average Bonchev–Trinajstić information content (AvgIpc) is 3.91. The van der Waals surface area contributed by atoms with Gasteiger partial charge in [0.15, 0.2) is 11.4 Å². The molecule has 3 N–H and O–H groups in total. The number of hydrogen-bond donors (Lipinski definition) is 3. The first-order valence-corrected chi connectivity index (χ1v) is 23.7. The molecule has 1 saturated heterocycles. The van der Waals surface area contributed by atoms with Gasteiger partial charge in [0.2, 0.25) is 27.7 Å². The van der Waals surface area contributed by atoms with E-state index in [1.54, 1.807) is 26.8 Å². The number of rotatable bonds is 6. The van der Waals surface area contributed by atoms with Crippen LogP contribution in [0.15, 0.2) is 48.7 Å². The quantitative estimate of drug-likeness (QED) is 0.221. The van der Waals surface area contributed by atoms with Crippen LogP contribution in [0.4, 0.5) is 18.0 Å². The van der Waals surface area contributed by atoms with Crippen LogP contribution in [-0.2, 0) is 41.7 Å². The van der Waals surface area contributed by atoms with E-state index in [4.69, 9.17) is 19.5 Å². The fraction of sp³-hybridized carbons (Fsp3) is 0.543. The Bertz CT molecular complexity index is 2640. The van der Waals surface area contributed by atoms with Gasteiger partial charge in [-0.1, -0.05) is 25.0 Å². The van der Waals surface area contributed by atoms with Gasteiger partial charge in [0.1, 0.15) is 40.6 Å². The number of aromatic nitrogens is 2. The van der Waals surface area contributed by atoms with Crippen molar-refractivity contribution < 1.29 is 55.0 Å². The van der Waals surface area contributed by atoms with Crippen molar-refractivity contribution in [3.05, 3.63) is 65.5 Å². The lowest BCUT2D eigenvalue weighted by Crippen LogP contribution is -2.70. The molecular formula is C46H52F3N7O9S. The van der Waals surface area contributed by atoms with E-state index >= 15 is 13.2 Å². The molecule has 3 fully saturated rings. The molecular weight excluding hydrogens is 884 g/mol. The minimum absolute atomic E-state index is 0.0100. The Morgan fingerprint density at radius 1 is 1.05 bits per heavy atom. The van der Waals surface area contributed by atoms with Crippen molar-refractivity contribution in [2.75, 3.05) is 6.54 Å². The molecule has 5 heterocycles. The first-order valence-electron chi connectivity index (χ1n) is 22.2. The summed E-state index contributed by atoms with van der Waals surface area (Å²) in [6.45, 7) is 6.12. The number of nitrogens with zero attached hydrogens (tertiary/aromatic N) is 4. The monoisotopic (exact) mass is 935 g/mol. The molecule has 0 bridgehead atoms. The summed E-state index contributed by atoms with van der Waals surface area (Å²) >= 11 is 0. The average molecular weight is 936 g/mol. The number of alkyl carbamates (subject to hydrolysis) is 1. The Balaban J connectivity index is 1.17. The molecule has 3 aromatic rings. The summed E-state index contributed by atoms with van der Waals surface area (Å²) in [5.74, 6) is -3.29. The van der Waals surface area contributed by atoms with Crippen molar-refractivity contribution >= 4 is 44.7 Å². The number of carbonyl (C=O) groups excluding carboxylic acids is 4.